The predicted molar refractivity (Wildman–Crippen MR) is 57.1 cm³/mol. The third kappa shape index (κ3) is 3.04. The number of rotatable bonds is 3. The highest BCUT2D eigenvalue weighted by molar-refractivity contribution is 8.00. The van der Waals surface area contributed by atoms with E-state index in [2.05, 4.69) is 5.32 Å². The number of hydrogen-bond donors (Lipinski definition) is 2. The lowest BCUT2D eigenvalue weighted by molar-refractivity contribution is -0.136. The van der Waals surface area contributed by atoms with E-state index in [1.165, 1.54) is 11.8 Å². The third-order valence-corrected chi connectivity index (χ3v) is 4.25. The molecule has 3 nitrogen and oxygen atoms in total. The Morgan fingerprint density at radius 2 is 2.25 bits per heavy atom. The third-order valence-electron chi connectivity index (χ3n) is 2.82. The minimum Gasteiger partial charge on any atom is -0.368 e. The molecule has 1 rings (SSSR count). The lowest BCUT2D eigenvalue weighted by Gasteiger charge is -2.40. The van der Waals surface area contributed by atoms with E-state index >= 15 is 0 Å². The summed E-state index contributed by atoms with van der Waals surface area (Å²) in [4.78, 5) is 11.4. The summed E-state index contributed by atoms with van der Waals surface area (Å²) in [6, 6.07) is 0. The average molecular weight is 256 g/mol. The Labute approximate surface area is 96.3 Å². The van der Waals surface area contributed by atoms with Gasteiger partial charge in [0, 0.05) is 5.25 Å². The van der Waals surface area contributed by atoms with Crippen LogP contribution in [0, 0.1) is 0 Å². The first-order valence-corrected chi connectivity index (χ1v) is 6.06. The second-order valence-electron chi connectivity index (χ2n) is 3.92. The van der Waals surface area contributed by atoms with Crippen molar-refractivity contribution in [1.82, 2.24) is 5.32 Å². The van der Waals surface area contributed by atoms with Gasteiger partial charge in [0.05, 0.1) is 6.54 Å². The van der Waals surface area contributed by atoms with Crippen LogP contribution in [0.25, 0.3) is 0 Å². The first kappa shape index (κ1) is 13.6. The highest BCUT2D eigenvalue weighted by Crippen LogP contribution is 2.34. The number of hydrogen-bond acceptors (Lipinski definition) is 3. The van der Waals surface area contributed by atoms with Gasteiger partial charge in [0.2, 0.25) is 5.91 Å². The smallest absolute Gasteiger partial charge is 0.368 e. The molecule has 94 valence electrons. The van der Waals surface area contributed by atoms with Gasteiger partial charge in [-0.15, -0.1) is 0 Å². The fourth-order valence-corrected chi connectivity index (χ4v) is 3.12. The molecule has 2 unspecified atom stereocenters. The Morgan fingerprint density at radius 3 is 2.69 bits per heavy atom. The van der Waals surface area contributed by atoms with Crippen molar-refractivity contribution < 1.29 is 18.0 Å². The molecule has 1 fully saturated rings. The Kier molecular flexibility index (Phi) is 4.12. The van der Waals surface area contributed by atoms with Crippen LogP contribution < -0.4 is 11.1 Å². The molecule has 0 aromatic rings. The van der Waals surface area contributed by atoms with E-state index in [0.717, 1.165) is 5.75 Å². The molecule has 0 aliphatic carbocycles. The largest absolute Gasteiger partial charge is 0.401 e. The fourth-order valence-electron chi connectivity index (χ4n) is 1.86. The Morgan fingerprint density at radius 1 is 1.62 bits per heavy atom. The number of nitrogens with one attached hydrogen (secondary N) is 1. The number of thioether (sulfide) groups is 1. The average Bonchev–Trinajstić information content (AvgIpc) is 2.15. The molecule has 1 amide bonds. The van der Waals surface area contributed by atoms with Gasteiger partial charge in [-0.3, -0.25) is 10.1 Å². The summed E-state index contributed by atoms with van der Waals surface area (Å²) in [5.41, 5.74) is 4.02. The van der Waals surface area contributed by atoms with E-state index < -0.39 is 24.2 Å². The molecule has 3 N–H and O–H groups in total. The molecule has 1 heterocycles. The van der Waals surface area contributed by atoms with Crippen LogP contribution in [0.15, 0.2) is 0 Å². The van der Waals surface area contributed by atoms with Gasteiger partial charge in [0.1, 0.15) is 5.54 Å². The second-order valence-corrected chi connectivity index (χ2v) is 5.37. The molecule has 2 atom stereocenters. The van der Waals surface area contributed by atoms with Crippen LogP contribution >= 0.6 is 11.8 Å². The van der Waals surface area contributed by atoms with Gasteiger partial charge >= 0.3 is 6.18 Å². The second kappa shape index (κ2) is 4.83. The van der Waals surface area contributed by atoms with Gasteiger partial charge in [-0.05, 0) is 18.6 Å². The van der Waals surface area contributed by atoms with Gasteiger partial charge < -0.3 is 5.73 Å². The monoisotopic (exact) mass is 256 g/mol. The molecule has 1 saturated heterocycles. The minimum atomic E-state index is -4.33. The maximum Gasteiger partial charge on any atom is 0.401 e. The summed E-state index contributed by atoms with van der Waals surface area (Å²) in [7, 11) is 0. The van der Waals surface area contributed by atoms with E-state index in [-0.39, 0.29) is 5.25 Å². The predicted octanol–water partition coefficient (Wildman–Crippen LogP) is 1.28. The summed E-state index contributed by atoms with van der Waals surface area (Å²) in [6.45, 7) is 0.554. The fraction of sp³-hybridized carbons (Fsp3) is 0.889. The lowest BCUT2D eigenvalue weighted by Crippen LogP contribution is -2.63. The van der Waals surface area contributed by atoms with Crippen LogP contribution in [-0.2, 0) is 4.79 Å². The molecule has 0 spiro atoms. The van der Waals surface area contributed by atoms with Crippen molar-refractivity contribution in [3.8, 4) is 0 Å². The maximum absolute atomic E-state index is 12.1. The van der Waals surface area contributed by atoms with Gasteiger partial charge in [-0.25, -0.2) is 0 Å². The van der Waals surface area contributed by atoms with Crippen molar-refractivity contribution >= 4 is 17.7 Å². The number of carbonyl (C=O) groups is 1. The zero-order valence-electron chi connectivity index (χ0n) is 8.93. The van der Waals surface area contributed by atoms with Crippen molar-refractivity contribution in [3.63, 3.8) is 0 Å². The molecule has 0 aromatic carbocycles. The highest BCUT2D eigenvalue weighted by Gasteiger charge is 2.45. The lowest BCUT2D eigenvalue weighted by atomic mass is 9.88. The quantitative estimate of drug-likeness (QED) is 0.799. The molecule has 0 radical (unpaired) electrons. The van der Waals surface area contributed by atoms with Crippen LogP contribution in [0.3, 0.4) is 0 Å². The summed E-state index contributed by atoms with van der Waals surface area (Å²) in [5.74, 6) is 0.153. The first-order chi connectivity index (χ1) is 7.28. The Balaban J connectivity index is 2.76. The van der Waals surface area contributed by atoms with Gasteiger partial charge in [-0.1, -0.05) is 6.92 Å². The van der Waals surface area contributed by atoms with E-state index in [4.69, 9.17) is 5.73 Å². The summed E-state index contributed by atoms with van der Waals surface area (Å²) in [6.07, 6.45) is -3.26. The van der Waals surface area contributed by atoms with E-state index in [1.54, 1.807) is 6.92 Å². The van der Waals surface area contributed by atoms with Gasteiger partial charge in [0.25, 0.3) is 0 Å². The maximum atomic E-state index is 12.1. The summed E-state index contributed by atoms with van der Waals surface area (Å²) in [5, 5.41) is 2.07. The van der Waals surface area contributed by atoms with E-state index in [1.807, 2.05) is 0 Å². The first-order valence-electron chi connectivity index (χ1n) is 5.01. The number of nitrogens with two attached hydrogens (primary N) is 1. The molecule has 0 saturated carbocycles. The Bertz CT molecular complexity index is 272. The highest BCUT2D eigenvalue weighted by atomic mass is 32.2. The molecule has 0 bridgehead atoms. The molecule has 1 aliphatic rings. The summed E-state index contributed by atoms with van der Waals surface area (Å²) < 4.78 is 36.4. The summed E-state index contributed by atoms with van der Waals surface area (Å²) >= 11 is 1.47. The number of amides is 1. The number of alkyl halides is 3. The van der Waals surface area contributed by atoms with Crippen molar-refractivity contribution in [2.75, 3.05) is 12.3 Å². The van der Waals surface area contributed by atoms with Crippen molar-refractivity contribution in [3.05, 3.63) is 0 Å². The molecule has 0 aromatic heterocycles. The molecular formula is C9H15F3N2OS. The number of primary amides is 1. The molecule has 1 aliphatic heterocycles. The van der Waals surface area contributed by atoms with Crippen molar-refractivity contribution in [2.45, 2.75) is 36.7 Å². The Hall–Kier alpha value is -0.430. The van der Waals surface area contributed by atoms with Crippen LogP contribution in [0.5, 0.6) is 0 Å². The molecular weight excluding hydrogens is 241 g/mol. The topological polar surface area (TPSA) is 55.1 Å². The number of halogens is 3. The van der Waals surface area contributed by atoms with Gasteiger partial charge in [-0.2, -0.15) is 24.9 Å². The number of carbonyl (C=O) groups excluding carboxylic acids is 1. The minimum absolute atomic E-state index is 0.235. The zero-order valence-corrected chi connectivity index (χ0v) is 9.75. The standard InChI is InChI=1S/C9H15F3N2OS/c1-6-8(7(13)15,3-2-4-16-6)14-5-9(10,11)12/h6,14H,2-5H2,1H3,(H2,13,15). The van der Waals surface area contributed by atoms with E-state index in [9.17, 15) is 18.0 Å². The SMILES string of the molecule is CC1SCCCC1(NCC(F)(F)F)C(N)=O. The van der Waals surface area contributed by atoms with Crippen molar-refractivity contribution in [2.24, 2.45) is 5.73 Å². The van der Waals surface area contributed by atoms with Crippen molar-refractivity contribution in [1.29, 1.82) is 0 Å². The molecule has 7 heteroatoms. The van der Waals surface area contributed by atoms with Gasteiger partial charge in [0.15, 0.2) is 0 Å². The van der Waals surface area contributed by atoms with Crippen LogP contribution in [0.4, 0.5) is 13.2 Å². The molecule has 16 heavy (non-hydrogen) atoms. The normalized spacial score (nSPS) is 31.4. The zero-order chi connectivity index (χ0) is 12.4. The van der Waals surface area contributed by atoms with Crippen LogP contribution in [-0.4, -0.2) is 35.2 Å². The van der Waals surface area contributed by atoms with Crippen LogP contribution in [0.2, 0.25) is 0 Å². The van der Waals surface area contributed by atoms with E-state index in [0.29, 0.717) is 12.8 Å². The van der Waals surface area contributed by atoms with Crippen LogP contribution in [0.1, 0.15) is 19.8 Å².